The number of hydrazone groups is 1. The zero-order valence-electron chi connectivity index (χ0n) is 14.0. The van der Waals surface area contributed by atoms with Gasteiger partial charge in [0.05, 0.1) is 22.6 Å². The van der Waals surface area contributed by atoms with E-state index in [1.165, 1.54) is 18.2 Å². The van der Waals surface area contributed by atoms with Crippen molar-refractivity contribution in [2.75, 3.05) is 23.4 Å². The van der Waals surface area contributed by atoms with Crippen molar-refractivity contribution in [1.29, 1.82) is 0 Å². The predicted molar refractivity (Wildman–Crippen MR) is 97.1 cm³/mol. The van der Waals surface area contributed by atoms with Gasteiger partial charge in [0.1, 0.15) is 5.82 Å². The van der Waals surface area contributed by atoms with Gasteiger partial charge in [-0.1, -0.05) is 6.07 Å². The van der Waals surface area contributed by atoms with Gasteiger partial charge in [0.2, 0.25) is 0 Å². The molecule has 3 rings (SSSR count). The van der Waals surface area contributed by atoms with Crippen LogP contribution in [0.5, 0.6) is 0 Å². The monoisotopic (exact) mass is 341 g/mol. The fraction of sp³-hybridized carbons (Fsp3) is 0.263. The molecule has 1 aliphatic heterocycles. The number of hydrogen-bond acceptors (Lipinski definition) is 4. The highest BCUT2D eigenvalue weighted by molar-refractivity contribution is 5.99. The lowest BCUT2D eigenvalue weighted by Gasteiger charge is -2.18. The maximum absolute atomic E-state index is 14.4. The van der Waals surface area contributed by atoms with Gasteiger partial charge in [-0.05, 0) is 56.2 Å². The zero-order chi connectivity index (χ0) is 17.8. The molecule has 130 valence electrons. The Morgan fingerprint density at radius 3 is 2.36 bits per heavy atom. The molecule has 0 amide bonds. The Morgan fingerprint density at radius 2 is 1.76 bits per heavy atom. The summed E-state index contributed by atoms with van der Waals surface area (Å²) in [7, 11) is 0. The molecule has 0 bridgehead atoms. The van der Waals surface area contributed by atoms with E-state index < -0.39 is 5.97 Å². The smallest absolute Gasteiger partial charge is 0.335 e. The molecule has 2 aromatic rings. The summed E-state index contributed by atoms with van der Waals surface area (Å²) in [6.07, 6.45) is 2.21. The van der Waals surface area contributed by atoms with Crippen molar-refractivity contribution in [3.05, 3.63) is 59.4 Å². The van der Waals surface area contributed by atoms with Gasteiger partial charge in [-0.2, -0.15) is 5.10 Å². The van der Waals surface area contributed by atoms with Crippen LogP contribution < -0.4 is 10.3 Å². The van der Waals surface area contributed by atoms with Gasteiger partial charge >= 0.3 is 5.97 Å². The van der Waals surface area contributed by atoms with E-state index in [1.54, 1.807) is 25.1 Å². The summed E-state index contributed by atoms with van der Waals surface area (Å²) in [6, 6.07) is 11.4. The van der Waals surface area contributed by atoms with Crippen LogP contribution in [0.1, 0.15) is 35.7 Å². The fourth-order valence-electron chi connectivity index (χ4n) is 2.85. The molecule has 1 fully saturated rings. The third-order valence-electron chi connectivity index (χ3n) is 4.30. The topological polar surface area (TPSA) is 64.9 Å². The highest BCUT2D eigenvalue weighted by Gasteiger charge is 2.16. The lowest BCUT2D eigenvalue weighted by Crippen LogP contribution is -2.19. The fourth-order valence-corrected chi connectivity index (χ4v) is 2.85. The lowest BCUT2D eigenvalue weighted by atomic mass is 10.1. The molecule has 5 nitrogen and oxygen atoms in total. The number of benzene rings is 2. The number of rotatable bonds is 5. The maximum atomic E-state index is 14.4. The van der Waals surface area contributed by atoms with Gasteiger partial charge in [0, 0.05) is 18.7 Å². The van der Waals surface area contributed by atoms with Gasteiger partial charge in [-0.3, -0.25) is 5.43 Å². The van der Waals surface area contributed by atoms with Gasteiger partial charge in [-0.25, -0.2) is 9.18 Å². The number of halogens is 1. The summed E-state index contributed by atoms with van der Waals surface area (Å²) >= 11 is 0. The number of anilines is 2. The molecule has 2 aromatic carbocycles. The van der Waals surface area contributed by atoms with Gasteiger partial charge in [-0.15, -0.1) is 0 Å². The quantitative estimate of drug-likeness (QED) is 0.638. The van der Waals surface area contributed by atoms with E-state index in [-0.39, 0.29) is 11.4 Å². The van der Waals surface area contributed by atoms with E-state index in [0.29, 0.717) is 22.6 Å². The van der Waals surface area contributed by atoms with Crippen molar-refractivity contribution in [3.8, 4) is 0 Å². The Labute approximate surface area is 145 Å². The van der Waals surface area contributed by atoms with E-state index in [4.69, 9.17) is 5.11 Å². The molecule has 0 aromatic heterocycles. The number of nitrogens with one attached hydrogen (secondary N) is 1. The number of carboxylic acids is 1. The Kier molecular flexibility index (Phi) is 4.97. The molecule has 0 aliphatic carbocycles. The van der Waals surface area contributed by atoms with Gasteiger partial charge in [0.15, 0.2) is 0 Å². The number of carbonyl (C=O) groups is 1. The van der Waals surface area contributed by atoms with Crippen LogP contribution in [0, 0.1) is 5.82 Å². The van der Waals surface area contributed by atoms with Crippen LogP contribution >= 0.6 is 0 Å². The molecular formula is C19H20FN3O2. The van der Waals surface area contributed by atoms with Gasteiger partial charge < -0.3 is 10.0 Å². The molecular weight excluding hydrogens is 321 g/mol. The molecule has 0 saturated carbocycles. The molecule has 1 heterocycles. The van der Waals surface area contributed by atoms with E-state index in [2.05, 4.69) is 15.4 Å². The first kappa shape index (κ1) is 17.0. The summed E-state index contributed by atoms with van der Waals surface area (Å²) in [6.45, 7) is 3.59. The Morgan fingerprint density at radius 1 is 1.12 bits per heavy atom. The molecule has 2 N–H and O–H groups in total. The predicted octanol–water partition coefficient (Wildman–Crippen LogP) is 3.96. The molecule has 0 spiro atoms. The summed E-state index contributed by atoms with van der Waals surface area (Å²) in [4.78, 5) is 12.9. The molecule has 25 heavy (non-hydrogen) atoms. The minimum Gasteiger partial charge on any atom is -0.478 e. The molecule has 0 atom stereocenters. The second kappa shape index (κ2) is 7.34. The summed E-state index contributed by atoms with van der Waals surface area (Å²) in [5.74, 6) is -1.21. The number of nitrogens with zero attached hydrogens (tertiary/aromatic N) is 2. The standard InChI is InChI=1S/C19H20FN3O2/c1-13(21-22-16-7-4-14(5-8-16)19(24)25)15-6-9-18(17(20)12-15)23-10-2-3-11-23/h4-9,12,22H,2-3,10-11H2,1H3,(H,24,25)/b21-13-. The lowest BCUT2D eigenvalue weighted by molar-refractivity contribution is 0.0697. The average Bonchev–Trinajstić information content (AvgIpc) is 3.14. The number of hydrogen-bond donors (Lipinski definition) is 2. The Balaban J connectivity index is 1.71. The van der Waals surface area contributed by atoms with Gasteiger partial charge in [0.25, 0.3) is 0 Å². The van der Waals surface area contributed by atoms with Crippen molar-refractivity contribution < 1.29 is 14.3 Å². The van der Waals surface area contributed by atoms with E-state index in [0.717, 1.165) is 25.9 Å². The van der Waals surface area contributed by atoms with E-state index >= 15 is 0 Å². The molecule has 0 radical (unpaired) electrons. The molecule has 1 aliphatic rings. The number of carboxylic acid groups (broad SMARTS) is 1. The largest absolute Gasteiger partial charge is 0.478 e. The Bertz CT molecular complexity index is 797. The highest BCUT2D eigenvalue weighted by atomic mass is 19.1. The average molecular weight is 341 g/mol. The molecule has 0 unspecified atom stereocenters. The zero-order valence-corrected chi connectivity index (χ0v) is 14.0. The Hall–Kier alpha value is -2.89. The van der Waals surface area contributed by atoms with Crippen molar-refractivity contribution in [2.45, 2.75) is 19.8 Å². The maximum Gasteiger partial charge on any atom is 0.335 e. The summed E-state index contributed by atoms with van der Waals surface area (Å²) < 4.78 is 14.4. The highest BCUT2D eigenvalue weighted by Crippen LogP contribution is 2.24. The third-order valence-corrected chi connectivity index (χ3v) is 4.30. The molecule has 6 heteroatoms. The first-order chi connectivity index (χ1) is 12.0. The van der Waals surface area contributed by atoms with Crippen LogP contribution in [-0.4, -0.2) is 29.9 Å². The SMILES string of the molecule is C/C(=N/Nc1ccc(C(=O)O)cc1)c1ccc(N2CCCC2)c(F)c1. The summed E-state index contributed by atoms with van der Waals surface area (Å²) in [5, 5.41) is 13.1. The van der Waals surface area contributed by atoms with Crippen LogP contribution in [0.3, 0.4) is 0 Å². The van der Waals surface area contributed by atoms with Crippen molar-refractivity contribution in [2.24, 2.45) is 5.10 Å². The van der Waals surface area contributed by atoms with Crippen LogP contribution in [0.25, 0.3) is 0 Å². The number of aromatic carboxylic acids is 1. The third kappa shape index (κ3) is 3.96. The van der Waals surface area contributed by atoms with Crippen LogP contribution in [0.4, 0.5) is 15.8 Å². The first-order valence-electron chi connectivity index (χ1n) is 8.23. The minimum absolute atomic E-state index is 0.214. The first-order valence-corrected chi connectivity index (χ1v) is 8.23. The second-order valence-electron chi connectivity index (χ2n) is 6.05. The van der Waals surface area contributed by atoms with Crippen molar-refractivity contribution >= 4 is 23.1 Å². The summed E-state index contributed by atoms with van der Waals surface area (Å²) in [5.41, 5.74) is 5.74. The normalized spacial score (nSPS) is 14.6. The van der Waals surface area contributed by atoms with E-state index in [9.17, 15) is 9.18 Å². The van der Waals surface area contributed by atoms with Crippen LogP contribution in [0.2, 0.25) is 0 Å². The van der Waals surface area contributed by atoms with Crippen LogP contribution in [0.15, 0.2) is 47.6 Å². The second-order valence-corrected chi connectivity index (χ2v) is 6.05. The van der Waals surface area contributed by atoms with Crippen molar-refractivity contribution in [1.82, 2.24) is 0 Å². The van der Waals surface area contributed by atoms with E-state index in [1.807, 2.05) is 6.07 Å². The van der Waals surface area contributed by atoms with Crippen LogP contribution in [-0.2, 0) is 0 Å². The van der Waals surface area contributed by atoms with Crippen molar-refractivity contribution in [3.63, 3.8) is 0 Å². The minimum atomic E-state index is -0.972. The molecule has 1 saturated heterocycles.